The number of hydrogen-bond acceptors (Lipinski definition) is 3. The SMILES string of the molecule is CCC(C)N(CC)c1ccc(C#N)cc1N. The summed E-state index contributed by atoms with van der Waals surface area (Å²) in [7, 11) is 0. The van der Waals surface area contributed by atoms with Gasteiger partial charge in [0.2, 0.25) is 0 Å². The van der Waals surface area contributed by atoms with Crippen LogP contribution in [0.25, 0.3) is 0 Å². The van der Waals surface area contributed by atoms with Gasteiger partial charge >= 0.3 is 0 Å². The highest BCUT2D eigenvalue weighted by molar-refractivity contribution is 5.69. The van der Waals surface area contributed by atoms with Crippen molar-refractivity contribution in [2.75, 3.05) is 17.2 Å². The van der Waals surface area contributed by atoms with E-state index in [0.29, 0.717) is 17.3 Å². The number of hydrogen-bond donors (Lipinski definition) is 1. The minimum atomic E-state index is 0.459. The summed E-state index contributed by atoms with van der Waals surface area (Å²) >= 11 is 0. The molecule has 0 aromatic heterocycles. The van der Waals surface area contributed by atoms with E-state index in [9.17, 15) is 0 Å². The van der Waals surface area contributed by atoms with Crippen LogP contribution < -0.4 is 10.6 Å². The van der Waals surface area contributed by atoms with Crippen LogP contribution in [0.5, 0.6) is 0 Å². The van der Waals surface area contributed by atoms with Gasteiger partial charge in [0.1, 0.15) is 0 Å². The first-order valence-electron chi connectivity index (χ1n) is 5.70. The molecular formula is C13H19N3. The zero-order valence-electron chi connectivity index (χ0n) is 10.2. The summed E-state index contributed by atoms with van der Waals surface area (Å²) in [6, 6.07) is 8.04. The molecule has 86 valence electrons. The summed E-state index contributed by atoms with van der Waals surface area (Å²) in [5.74, 6) is 0. The topological polar surface area (TPSA) is 53.0 Å². The lowest BCUT2D eigenvalue weighted by atomic mass is 10.1. The van der Waals surface area contributed by atoms with Gasteiger partial charge in [-0.3, -0.25) is 0 Å². The van der Waals surface area contributed by atoms with Crippen molar-refractivity contribution in [3.63, 3.8) is 0 Å². The van der Waals surface area contributed by atoms with Gasteiger partial charge < -0.3 is 10.6 Å². The molecule has 0 amide bonds. The Hall–Kier alpha value is -1.69. The van der Waals surface area contributed by atoms with E-state index in [-0.39, 0.29) is 0 Å². The summed E-state index contributed by atoms with van der Waals surface area (Å²) in [5.41, 5.74) is 8.29. The van der Waals surface area contributed by atoms with E-state index in [1.54, 1.807) is 6.07 Å². The van der Waals surface area contributed by atoms with Crippen LogP contribution in [0, 0.1) is 11.3 Å². The van der Waals surface area contributed by atoms with Crippen molar-refractivity contribution in [2.24, 2.45) is 0 Å². The van der Waals surface area contributed by atoms with Crippen molar-refractivity contribution >= 4 is 11.4 Å². The van der Waals surface area contributed by atoms with Crippen LogP contribution in [-0.4, -0.2) is 12.6 Å². The van der Waals surface area contributed by atoms with E-state index < -0.39 is 0 Å². The van der Waals surface area contributed by atoms with Crippen LogP contribution in [0.15, 0.2) is 18.2 Å². The molecule has 0 radical (unpaired) electrons. The second-order valence-electron chi connectivity index (χ2n) is 3.93. The van der Waals surface area contributed by atoms with Crippen molar-refractivity contribution in [1.29, 1.82) is 5.26 Å². The molecule has 0 spiro atoms. The van der Waals surface area contributed by atoms with Gasteiger partial charge in [0, 0.05) is 12.6 Å². The summed E-state index contributed by atoms with van der Waals surface area (Å²) in [6.07, 6.45) is 1.08. The van der Waals surface area contributed by atoms with Crippen LogP contribution in [0.2, 0.25) is 0 Å². The van der Waals surface area contributed by atoms with Gasteiger partial charge in [-0.05, 0) is 38.5 Å². The Kier molecular flexibility index (Phi) is 4.19. The maximum Gasteiger partial charge on any atom is 0.0992 e. The number of nitriles is 1. The molecule has 1 unspecified atom stereocenters. The van der Waals surface area contributed by atoms with Gasteiger partial charge in [-0.15, -0.1) is 0 Å². The first kappa shape index (κ1) is 12.4. The smallest absolute Gasteiger partial charge is 0.0992 e. The van der Waals surface area contributed by atoms with Crippen molar-refractivity contribution < 1.29 is 0 Å². The van der Waals surface area contributed by atoms with E-state index in [0.717, 1.165) is 18.7 Å². The third-order valence-electron chi connectivity index (χ3n) is 2.93. The largest absolute Gasteiger partial charge is 0.397 e. The average molecular weight is 217 g/mol. The molecule has 0 heterocycles. The molecule has 0 aliphatic rings. The molecule has 0 fully saturated rings. The molecule has 0 saturated carbocycles. The predicted molar refractivity (Wildman–Crippen MR) is 68.3 cm³/mol. The minimum Gasteiger partial charge on any atom is -0.397 e. The normalized spacial score (nSPS) is 11.9. The predicted octanol–water partition coefficient (Wildman–Crippen LogP) is 2.77. The number of benzene rings is 1. The Morgan fingerprint density at radius 2 is 2.12 bits per heavy atom. The molecule has 0 bridgehead atoms. The number of anilines is 2. The molecule has 0 aliphatic heterocycles. The van der Waals surface area contributed by atoms with Gasteiger partial charge in [0.15, 0.2) is 0 Å². The third kappa shape index (κ3) is 2.46. The number of nitrogens with zero attached hydrogens (tertiary/aromatic N) is 2. The molecule has 1 aromatic carbocycles. The van der Waals surface area contributed by atoms with Crippen molar-refractivity contribution in [3.8, 4) is 6.07 Å². The molecule has 0 aliphatic carbocycles. The Morgan fingerprint density at radius 3 is 2.56 bits per heavy atom. The Balaban J connectivity index is 3.07. The highest BCUT2D eigenvalue weighted by atomic mass is 15.2. The van der Waals surface area contributed by atoms with E-state index in [4.69, 9.17) is 11.0 Å². The van der Waals surface area contributed by atoms with Crippen LogP contribution in [0.3, 0.4) is 0 Å². The van der Waals surface area contributed by atoms with E-state index in [2.05, 4.69) is 31.7 Å². The lowest BCUT2D eigenvalue weighted by molar-refractivity contribution is 0.631. The summed E-state index contributed by atoms with van der Waals surface area (Å²) in [6.45, 7) is 7.38. The van der Waals surface area contributed by atoms with E-state index in [1.165, 1.54) is 0 Å². The van der Waals surface area contributed by atoms with Crippen molar-refractivity contribution in [2.45, 2.75) is 33.2 Å². The van der Waals surface area contributed by atoms with Gasteiger partial charge in [-0.25, -0.2) is 0 Å². The molecule has 1 aromatic rings. The van der Waals surface area contributed by atoms with Crippen molar-refractivity contribution in [3.05, 3.63) is 23.8 Å². The molecule has 2 N–H and O–H groups in total. The minimum absolute atomic E-state index is 0.459. The maximum atomic E-state index is 8.78. The molecular weight excluding hydrogens is 198 g/mol. The zero-order valence-corrected chi connectivity index (χ0v) is 10.2. The van der Waals surface area contributed by atoms with Crippen LogP contribution in [0.4, 0.5) is 11.4 Å². The molecule has 1 rings (SSSR count). The fourth-order valence-corrected chi connectivity index (χ4v) is 1.83. The van der Waals surface area contributed by atoms with E-state index in [1.807, 2.05) is 12.1 Å². The summed E-state index contributed by atoms with van der Waals surface area (Å²) in [5, 5.41) is 8.78. The fraction of sp³-hybridized carbons (Fsp3) is 0.462. The zero-order chi connectivity index (χ0) is 12.1. The van der Waals surface area contributed by atoms with Gasteiger partial charge in [-0.1, -0.05) is 6.92 Å². The Bertz CT molecular complexity index is 393. The third-order valence-corrected chi connectivity index (χ3v) is 2.93. The molecule has 0 saturated heterocycles. The lowest BCUT2D eigenvalue weighted by Crippen LogP contribution is -2.32. The molecule has 1 atom stereocenters. The number of rotatable bonds is 4. The molecule has 3 nitrogen and oxygen atoms in total. The Labute approximate surface area is 97.5 Å². The van der Waals surface area contributed by atoms with Crippen molar-refractivity contribution in [1.82, 2.24) is 0 Å². The monoisotopic (exact) mass is 217 g/mol. The highest BCUT2D eigenvalue weighted by Gasteiger charge is 2.13. The summed E-state index contributed by atoms with van der Waals surface area (Å²) in [4.78, 5) is 2.26. The van der Waals surface area contributed by atoms with Crippen LogP contribution in [-0.2, 0) is 0 Å². The van der Waals surface area contributed by atoms with Gasteiger partial charge in [0.05, 0.1) is 23.0 Å². The molecule has 3 heteroatoms. The fourth-order valence-electron chi connectivity index (χ4n) is 1.83. The average Bonchev–Trinajstić information content (AvgIpc) is 2.31. The second kappa shape index (κ2) is 5.41. The Morgan fingerprint density at radius 1 is 1.44 bits per heavy atom. The lowest BCUT2D eigenvalue weighted by Gasteiger charge is -2.30. The maximum absolute atomic E-state index is 8.78. The first-order chi connectivity index (χ1) is 7.63. The molecule has 16 heavy (non-hydrogen) atoms. The standard InChI is InChI=1S/C13H19N3/c1-4-10(3)16(5-2)13-7-6-11(9-14)8-12(13)15/h6-8,10H,4-5,15H2,1-3H3. The second-order valence-corrected chi connectivity index (χ2v) is 3.93. The summed E-state index contributed by atoms with van der Waals surface area (Å²) < 4.78 is 0. The van der Waals surface area contributed by atoms with Gasteiger partial charge in [0.25, 0.3) is 0 Å². The number of nitrogen functional groups attached to an aromatic ring is 1. The first-order valence-corrected chi connectivity index (χ1v) is 5.70. The number of nitrogens with two attached hydrogens (primary N) is 1. The van der Waals surface area contributed by atoms with Crippen LogP contribution >= 0.6 is 0 Å². The quantitative estimate of drug-likeness (QED) is 0.789. The van der Waals surface area contributed by atoms with E-state index >= 15 is 0 Å². The van der Waals surface area contributed by atoms with Crippen LogP contribution in [0.1, 0.15) is 32.8 Å². The van der Waals surface area contributed by atoms with Gasteiger partial charge in [-0.2, -0.15) is 5.26 Å². The highest BCUT2D eigenvalue weighted by Crippen LogP contribution is 2.26.